The van der Waals surface area contributed by atoms with E-state index in [2.05, 4.69) is 36.0 Å². The Hall–Kier alpha value is -4.31. The van der Waals surface area contributed by atoms with E-state index in [9.17, 15) is 23.2 Å². The minimum absolute atomic E-state index is 0.196. The number of carbonyl (C=O) groups is 1. The minimum atomic E-state index is -3.09. The molecule has 5 heterocycles. The van der Waals surface area contributed by atoms with Gasteiger partial charge in [0.05, 0.1) is 35.5 Å². The molecular weight excluding hydrogens is 511 g/mol. The number of nitriles is 1. The van der Waals surface area contributed by atoms with Crippen LogP contribution in [0.4, 0.5) is 13.2 Å². The molecule has 0 aromatic carbocycles. The number of aromatic nitrogens is 6. The zero-order chi connectivity index (χ0) is 27.1. The molecule has 200 valence electrons. The number of halogens is 3. The molecule has 0 spiro atoms. The van der Waals surface area contributed by atoms with Gasteiger partial charge in [0.1, 0.15) is 17.7 Å². The van der Waals surface area contributed by atoms with E-state index in [1.165, 1.54) is 11.2 Å². The molecule has 2 aliphatic rings. The van der Waals surface area contributed by atoms with Crippen molar-refractivity contribution in [2.45, 2.75) is 37.3 Å². The van der Waals surface area contributed by atoms with Gasteiger partial charge in [-0.3, -0.25) is 19.4 Å². The first kappa shape index (κ1) is 25.0. The molecule has 4 aromatic rings. The summed E-state index contributed by atoms with van der Waals surface area (Å²) in [7, 11) is 0. The maximum absolute atomic E-state index is 14.4. The Balaban J connectivity index is 1.12. The third-order valence-electron chi connectivity index (χ3n) is 7.81. The molecule has 1 amide bonds. The van der Waals surface area contributed by atoms with Crippen molar-refractivity contribution < 1.29 is 18.0 Å². The Morgan fingerprint density at radius 2 is 1.97 bits per heavy atom. The number of aromatic amines is 1. The van der Waals surface area contributed by atoms with Gasteiger partial charge in [0.15, 0.2) is 5.82 Å². The zero-order valence-corrected chi connectivity index (χ0v) is 20.8. The van der Waals surface area contributed by atoms with Gasteiger partial charge in [-0.1, -0.05) is 0 Å². The van der Waals surface area contributed by atoms with E-state index < -0.39 is 29.4 Å². The van der Waals surface area contributed by atoms with Crippen molar-refractivity contribution in [2.24, 2.45) is 0 Å². The summed E-state index contributed by atoms with van der Waals surface area (Å²) in [4.78, 5) is 31.7. The van der Waals surface area contributed by atoms with Crippen molar-refractivity contribution in [1.82, 2.24) is 39.5 Å². The monoisotopic (exact) mass is 535 g/mol. The lowest BCUT2D eigenvalue weighted by Crippen LogP contribution is -2.60. The molecule has 2 fully saturated rings. The Morgan fingerprint density at radius 1 is 1.18 bits per heavy atom. The topological polar surface area (TPSA) is 120 Å². The smallest absolute Gasteiger partial charge is 0.283 e. The van der Waals surface area contributed by atoms with Crippen LogP contribution in [0.15, 0.2) is 43.2 Å². The van der Waals surface area contributed by atoms with Crippen molar-refractivity contribution in [3.8, 4) is 17.3 Å². The first-order valence-electron chi connectivity index (χ1n) is 12.6. The summed E-state index contributed by atoms with van der Waals surface area (Å²) in [6.45, 7) is 1.81. The number of H-pyrrole nitrogens is 1. The van der Waals surface area contributed by atoms with Crippen LogP contribution in [0.3, 0.4) is 0 Å². The summed E-state index contributed by atoms with van der Waals surface area (Å²) in [5.41, 5.74) is 0.501. The number of fused-ring (bicyclic) bond motifs is 1. The first-order valence-corrected chi connectivity index (χ1v) is 12.6. The van der Waals surface area contributed by atoms with Crippen LogP contribution >= 0.6 is 0 Å². The van der Waals surface area contributed by atoms with E-state index in [4.69, 9.17) is 0 Å². The Bertz CT molecular complexity index is 1560. The molecule has 6 rings (SSSR count). The summed E-state index contributed by atoms with van der Waals surface area (Å²) in [6.07, 6.45) is 6.67. The number of carbonyl (C=O) groups excluding carboxylic acids is 1. The summed E-state index contributed by atoms with van der Waals surface area (Å²) >= 11 is 0. The van der Waals surface area contributed by atoms with Crippen LogP contribution < -0.4 is 0 Å². The van der Waals surface area contributed by atoms with Gasteiger partial charge in [-0.05, 0) is 25.0 Å². The maximum atomic E-state index is 14.4. The van der Waals surface area contributed by atoms with Crippen molar-refractivity contribution in [3.05, 3.63) is 60.3 Å². The second kappa shape index (κ2) is 9.77. The van der Waals surface area contributed by atoms with Gasteiger partial charge in [0.2, 0.25) is 0 Å². The fraction of sp³-hybridized carbons (Fsp3) is 0.385. The number of rotatable bonds is 6. The van der Waals surface area contributed by atoms with E-state index in [1.807, 2.05) is 23.1 Å². The largest absolute Gasteiger partial charge is 0.346 e. The fourth-order valence-corrected chi connectivity index (χ4v) is 5.68. The third-order valence-corrected chi connectivity index (χ3v) is 7.81. The number of hydrogen-bond acceptors (Lipinski definition) is 7. The Kier molecular flexibility index (Phi) is 6.26. The predicted molar refractivity (Wildman–Crippen MR) is 133 cm³/mol. The second-order valence-corrected chi connectivity index (χ2v) is 9.94. The van der Waals surface area contributed by atoms with Gasteiger partial charge in [-0.2, -0.15) is 10.4 Å². The number of hydrogen-bond donors (Lipinski definition) is 1. The van der Waals surface area contributed by atoms with Gasteiger partial charge >= 0.3 is 0 Å². The number of nitrogens with one attached hydrogen (secondary N) is 1. The van der Waals surface area contributed by atoms with Gasteiger partial charge < -0.3 is 9.88 Å². The van der Waals surface area contributed by atoms with Gasteiger partial charge in [-0.15, -0.1) is 0 Å². The molecule has 13 heteroatoms. The SMILES string of the molecule is N#CC[C@]1(n2cc(-c3ncnc4[nH]ccc34)cn2)C[C@@H](N2CCN(C(=O)c3ccnc(C(F)F)c3F)CC2)C1. The van der Waals surface area contributed by atoms with Crippen LogP contribution in [0.2, 0.25) is 0 Å². The molecule has 4 aromatic heterocycles. The number of piperazine rings is 1. The molecule has 1 saturated carbocycles. The molecule has 1 aliphatic carbocycles. The number of nitrogens with zero attached hydrogens (tertiary/aromatic N) is 8. The Morgan fingerprint density at radius 3 is 2.72 bits per heavy atom. The average molecular weight is 536 g/mol. The average Bonchev–Trinajstić information content (AvgIpc) is 3.60. The zero-order valence-electron chi connectivity index (χ0n) is 20.8. The van der Waals surface area contributed by atoms with Gasteiger partial charge in [-0.25, -0.2) is 23.1 Å². The maximum Gasteiger partial charge on any atom is 0.283 e. The van der Waals surface area contributed by atoms with E-state index in [0.29, 0.717) is 32.6 Å². The summed E-state index contributed by atoms with van der Waals surface area (Å²) in [5.74, 6) is -1.88. The summed E-state index contributed by atoms with van der Waals surface area (Å²) < 4.78 is 42.3. The number of alkyl halides is 2. The lowest BCUT2D eigenvalue weighted by atomic mass is 9.70. The summed E-state index contributed by atoms with van der Waals surface area (Å²) in [6, 6.07) is 5.56. The Labute approximate surface area is 221 Å². The molecule has 1 N–H and O–H groups in total. The molecule has 10 nitrogen and oxygen atoms in total. The van der Waals surface area contributed by atoms with E-state index in [1.54, 1.807) is 6.20 Å². The summed E-state index contributed by atoms with van der Waals surface area (Å²) in [5, 5.41) is 15.1. The highest BCUT2D eigenvalue weighted by Gasteiger charge is 2.49. The van der Waals surface area contributed by atoms with Crippen molar-refractivity contribution in [1.29, 1.82) is 5.26 Å². The van der Waals surface area contributed by atoms with Gasteiger partial charge in [0.25, 0.3) is 12.3 Å². The lowest BCUT2D eigenvalue weighted by molar-refractivity contribution is -0.0159. The van der Waals surface area contributed by atoms with Gasteiger partial charge in [0, 0.05) is 61.8 Å². The van der Waals surface area contributed by atoms with Crippen molar-refractivity contribution in [3.63, 3.8) is 0 Å². The first-order chi connectivity index (χ1) is 18.9. The fourth-order valence-electron chi connectivity index (χ4n) is 5.68. The predicted octanol–water partition coefficient (Wildman–Crippen LogP) is 3.52. The third kappa shape index (κ3) is 4.30. The highest BCUT2D eigenvalue weighted by atomic mass is 19.3. The highest BCUT2D eigenvalue weighted by molar-refractivity contribution is 5.94. The second-order valence-electron chi connectivity index (χ2n) is 9.94. The van der Waals surface area contributed by atoms with E-state index >= 15 is 0 Å². The molecule has 0 unspecified atom stereocenters. The lowest BCUT2D eigenvalue weighted by Gasteiger charge is -2.52. The van der Waals surface area contributed by atoms with E-state index in [-0.39, 0.29) is 11.6 Å². The molecule has 0 atom stereocenters. The number of pyridine rings is 1. The normalized spacial score (nSPS) is 21.7. The minimum Gasteiger partial charge on any atom is -0.346 e. The standard InChI is InChI=1S/C26H24F3N9O/c27-20-18(1-5-31-22(20)23(28)29)25(39)37-9-7-36(8-10-37)17-11-26(12-17,3-4-30)38-14-16(13-35-38)21-19-2-6-32-24(19)34-15-33-21/h1-2,5-6,13-15,17,23H,3,7-12H2,(H,32,33,34)/t17-,26+. The number of amides is 1. The van der Waals surface area contributed by atoms with Crippen LogP contribution in [0, 0.1) is 17.1 Å². The van der Waals surface area contributed by atoms with E-state index in [0.717, 1.165) is 47.4 Å². The van der Waals surface area contributed by atoms with Crippen LogP contribution in [0.25, 0.3) is 22.3 Å². The molecule has 39 heavy (non-hydrogen) atoms. The van der Waals surface area contributed by atoms with Crippen LogP contribution in [-0.2, 0) is 5.54 Å². The molecule has 1 saturated heterocycles. The van der Waals surface area contributed by atoms with Crippen LogP contribution in [0.1, 0.15) is 41.7 Å². The van der Waals surface area contributed by atoms with Crippen LogP contribution in [-0.4, -0.2) is 77.6 Å². The molecule has 0 radical (unpaired) electrons. The molecule has 1 aliphatic heterocycles. The van der Waals surface area contributed by atoms with Crippen LogP contribution in [0.5, 0.6) is 0 Å². The quantitative estimate of drug-likeness (QED) is 0.401. The molecular formula is C26H24F3N9O. The molecule has 0 bridgehead atoms. The van der Waals surface area contributed by atoms with Crippen molar-refractivity contribution in [2.75, 3.05) is 26.2 Å². The highest BCUT2D eigenvalue weighted by Crippen LogP contribution is 2.45. The van der Waals surface area contributed by atoms with Crippen molar-refractivity contribution >= 4 is 16.9 Å².